The van der Waals surface area contributed by atoms with E-state index in [0.717, 1.165) is 11.3 Å². The number of carboxylic acids is 1. The van der Waals surface area contributed by atoms with Gasteiger partial charge in [-0.05, 0) is 19.8 Å². The maximum absolute atomic E-state index is 11.8. The minimum atomic E-state index is -0.929. The van der Waals surface area contributed by atoms with Crippen molar-refractivity contribution >= 4 is 12.0 Å². The molecule has 8 heteroatoms. The Kier molecular flexibility index (Phi) is 4.79. The molecule has 2 amide bonds. The quantitative estimate of drug-likeness (QED) is 0.627. The summed E-state index contributed by atoms with van der Waals surface area (Å²) in [6.45, 7) is 3.12. The highest BCUT2D eigenvalue weighted by Gasteiger charge is 2.40. The maximum Gasteiger partial charge on any atom is 0.315 e. The number of aromatic amines is 1. The number of nitrogens with one attached hydrogen (secondary N) is 3. The van der Waals surface area contributed by atoms with Gasteiger partial charge in [-0.3, -0.25) is 9.89 Å². The van der Waals surface area contributed by atoms with E-state index in [1.165, 1.54) is 0 Å². The number of carbonyl (C=O) groups is 2. The molecule has 1 saturated heterocycles. The van der Waals surface area contributed by atoms with E-state index >= 15 is 0 Å². The first kappa shape index (κ1) is 15.3. The first-order valence-corrected chi connectivity index (χ1v) is 6.85. The van der Waals surface area contributed by atoms with Crippen molar-refractivity contribution in [1.29, 1.82) is 0 Å². The molecule has 0 spiro atoms. The van der Waals surface area contributed by atoms with Crippen molar-refractivity contribution in [3.05, 3.63) is 17.5 Å². The molecule has 1 fully saturated rings. The van der Waals surface area contributed by atoms with Gasteiger partial charge in [-0.1, -0.05) is 0 Å². The van der Waals surface area contributed by atoms with Crippen molar-refractivity contribution in [2.75, 3.05) is 19.8 Å². The van der Waals surface area contributed by atoms with Crippen molar-refractivity contribution in [3.63, 3.8) is 0 Å². The number of nitrogens with zero attached hydrogens (tertiary/aromatic N) is 1. The van der Waals surface area contributed by atoms with Gasteiger partial charge in [0.2, 0.25) is 0 Å². The summed E-state index contributed by atoms with van der Waals surface area (Å²) in [5.41, 5.74) is 0.854. The van der Waals surface area contributed by atoms with E-state index in [4.69, 9.17) is 4.74 Å². The van der Waals surface area contributed by atoms with Crippen LogP contribution in [0.3, 0.4) is 0 Å². The summed E-state index contributed by atoms with van der Waals surface area (Å²) in [7, 11) is 0. The molecule has 4 N–H and O–H groups in total. The van der Waals surface area contributed by atoms with Gasteiger partial charge in [-0.2, -0.15) is 5.10 Å². The number of carboxylic acid groups (broad SMARTS) is 1. The van der Waals surface area contributed by atoms with Gasteiger partial charge in [-0.25, -0.2) is 4.79 Å². The van der Waals surface area contributed by atoms with Gasteiger partial charge in [0.15, 0.2) is 0 Å². The fourth-order valence-electron chi connectivity index (χ4n) is 2.27. The second-order valence-corrected chi connectivity index (χ2v) is 5.25. The topological polar surface area (TPSA) is 116 Å². The second kappa shape index (κ2) is 6.57. The van der Waals surface area contributed by atoms with Crippen LogP contribution in [0.5, 0.6) is 0 Å². The maximum atomic E-state index is 11.8. The lowest BCUT2D eigenvalue weighted by Crippen LogP contribution is -2.48. The molecular weight excluding hydrogens is 276 g/mol. The first-order valence-electron chi connectivity index (χ1n) is 6.85. The van der Waals surface area contributed by atoms with Crippen molar-refractivity contribution in [2.24, 2.45) is 5.41 Å². The fourth-order valence-corrected chi connectivity index (χ4v) is 2.27. The summed E-state index contributed by atoms with van der Waals surface area (Å²) >= 11 is 0. The lowest BCUT2D eigenvalue weighted by Gasteiger charge is -2.33. The number of aliphatic carboxylic acids is 1. The number of aryl methyl sites for hydroxylation is 1. The Morgan fingerprint density at radius 1 is 1.43 bits per heavy atom. The first-order chi connectivity index (χ1) is 10.0. The zero-order valence-electron chi connectivity index (χ0n) is 11.9. The van der Waals surface area contributed by atoms with Crippen molar-refractivity contribution in [1.82, 2.24) is 20.8 Å². The van der Waals surface area contributed by atoms with Gasteiger partial charge < -0.3 is 20.5 Å². The molecule has 1 aliphatic rings. The van der Waals surface area contributed by atoms with E-state index in [1.807, 2.05) is 6.92 Å². The molecule has 0 radical (unpaired) electrons. The number of hydrogen-bond donors (Lipinski definition) is 4. The van der Waals surface area contributed by atoms with Gasteiger partial charge in [0.05, 0.1) is 11.6 Å². The Morgan fingerprint density at radius 3 is 2.71 bits per heavy atom. The molecule has 2 rings (SSSR count). The number of rotatable bonds is 5. The van der Waals surface area contributed by atoms with Gasteiger partial charge in [0.1, 0.15) is 0 Å². The van der Waals surface area contributed by atoms with Crippen LogP contribution in [0.4, 0.5) is 4.79 Å². The van der Waals surface area contributed by atoms with Gasteiger partial charge in [0, 0.05) is 37.6 Å². The Bertz CT molecular complexity index is 508. The molecule has 116 valence electrons. The molecule has 0 atom stereocenters. The predicted octanol–water partition coefficient (Wildman–Crippen LogP) is 0.399. The zero-order valence-corrected chi connectivity index (χ0v) is 11.9. The van der Waals surface area contributed by atoms with Gasteiger partial charge in [-0.15, -0.1) is 0 Å². The van der Waals surface area contributed by atoms with Crippen LogP contribution in [0.2, 0.25) is 0 Å². The van der Waals surface area contributed by atoms with Crippen LogP contribution in [-0.2, 0) is 16.1 Å². The molecule has 0 aliphatic carbocycles. The highest BCUT2D eigenvalue weighted by Crippen LogP contribution is 2.29. The highest BCUT2D eigenvalue weighted by atomic mass is 16.5. The van der Waals surface area contributed by atoms with E-state index in [2.05, 4.69) is 20.8 Å². The molecule has 0 aromatic carbocycles. The molecule has 0 saturated carbocycles. The average molecular weight is 296 g/mol. The van der Waals surface area contributed by atoms with Crippen molar-refractivity contribution in [2.45, 2.75) is 26.3 Å². The third-order valence-corrected chi connectivity index (χ3v) is 3.86. The summed E-state index contributed by atoms with van der Waals surface area (Å²) in [6.07, 6.45) is 2.46. The standard InChI is InChI=1S/C13H20N4O4/c1-9-10(7-16-17-9)6-14-12(20)15-8-13(11(18)19)2-4-21-5-3-13/h7H,2-6,8H2,1H3,(H,16,17)(H,18,19)(H2,14,15,20). The average Bonchev–Trinajstić information content (AvgIpc) is 2.89. The smallest absolute Gasteiger partial charge is 0.315 e. The summed E-state index contributed by atoms with van der Waals surface area (Å²) in [5, 5.41) is 21.4. The third kappa shape index (κ3) is 3.72. The second-order valence-electron chi connectivity index (χ2n) is 5.25. The number of carbonyl (C=O) groups excluding carboxylic acids is 1. The lowest BCUT2D eigenvalue weighted by molar-refractivity contribution is -0.154. The SMILES string of the molecule is Cc1[nH]ncc1CNC(=O)NCC1(C(=O)O)CCOCC1. The fraction of sp³-hybridized carbons (Fsp3) is 0.615. The predicted molar refractivity (Wildman–Crippen MR) is 73.7 cm³/mol. The number of H-pyrrole nitrogens is 1. The summed E-state index contributed by atoms with van der Waals surface area (Å²) in [6, 6.07) is -0.386. The van der Waals surface area contributed by atoms with Crippen LogP contribution in [0, 0.1) is 12.3 Å². The normalized spacial score (nSPS) is 17.2. The number of aromatic nitrogens is 2. The Morgan fingerprint density at radius 2 is 2.14 bits per heavy atom. The molecule has 1 aromatic heterocycles. The van der Waals surface area contributed by atoms with Gasteiger partial charge in [0.25, 0.3) is 0 Å². The van der Waals surface area contributed by atoms with Gasteiger partial charge >= 0.3 is 12.0 Å². The van der Waals surface area contributed by atoms with Crippen LogP contribution in [0.1, 0.15) is 24.1 Å². The Balaban J connectivity index is 1.82. The van der Waals surface area contributed by atoms with E-state index in [0.29, 0.717) is 32.6 Å². The van der Waals surface area contributed by atoms with E-state index in [1.54, 1.807) is 6.20 Å². The molecule has 1 aliphatic heterocycles. The van der Waals surface area contributed by atoms with E-state index in [-0.39, 0.29) is 12.6 Å². The molecule has 21 heavy (non-hydrogen) atoms. The van der Waals surface area contributed by atoms with Crippen LogP contribution in [0.15, 0.2) is 6.20 Å². The monoisotopic (exact) mass is 296 g/mol. The van der Waals surface area contributed by atoms with Crippen molar-refractivity contribution in [3.8, 4) is 0 Å². The van der Waals surface area contributed by atoms with Crippen LogP contribution >= 0.6 is 0 Å². The number of ether oxygens (including phenoxy) is 1. The Hall–Kier alpha value is -2.09. The van der Waals surface area contributed by atoms with Crippen LogP contribution < -0.4 is 10.6 Å². The van der Waals surface area contributed by atoms with E-state index < -0.39 is 11.4 Å². The summed E-state index contributed by atoms with van der Waals surface area (Å²) in [5.74, 6) is -0.892. The molecule has 0 bridgehead atoms. The highest BCUT2D eigenvalue weighted by molar-refractivity contribution is 5.78. The van der Waals surface area contributed by atoms with Crippen molar-refractivity contribution < 1.29 is 19.4 Å². The molecule has 2 heterocycles. The number of amides is 2. The minimum Gasteiger partial charge on any atom is -0.481 e. The third-order valence-electron chi connectivity index (χ3n) is 3.86. The lowest BCUT2D eigenvalue weighted by atomic mass is 9.80. The molecule has 0 unspecified atom stereocenters. The number of hydrogen-bond acceptors (Lipinski definition) is 4. The number of urea groups is 1. The summed E-state index contributed by atoms with van der Waals surface area (Å²) in [4.78, 5) is 23.2. The zero-order chi connectivity index (χ0) is 15.3. The van der Waals surface area contributed by atoms with Crippen LogP contribution in [-0.4, -0.2) is 47.1 Å². The molecular formula is C13H20N4O4. The Labute approximate surface area is 122 Å². The molecule has 1 aromatic rings. The molecule has 8 nitrogen and oxygen atoms in total. The summed E-state index contributed by atoms with van der Waals surface area (Å²) < 4.78 is 5.19. The minimum absolute atomic E-state index is 0.0991. The van der Waals surface area contributed by atoms with E-state index in [9.17, 15) is 14.7 Å². The van der Waals surface area contributed by atoms with Crippen LogP contribution in [0.25, 0.3) is 0 Å². The largest absolute Gasteiger partial charge is 0.481 e.